The van der Waals surface area contributed by atoms with E-state index in [-0.39, 0.29) is 5.92 Å². The number of rotatable bonds is 6. The summed E-state index contributed by atoms with van der Waals surface area (Å²) in [6, 6.07) is 4.06. The van der Waals surface area contributed by atoms with E-state index in [4.69, 9.17) is 18.0 Å². The Balaban J connectivity index is 2.30. The van der Waals surface area contributed by atoms with E-state index in [0.29, 0.717) is 4.99 Å². The molecule has 0 aliphatic rings. The second kappa shape index (κ2) is 6.55. The largest absolute Gasteiger partial charge is 0.393 e. The van der Waals surface area contributed by atoms with Crippen LogP contribution in [0.25, 0.3) is 0 Å². The summed E-state index contributed by atoms with van der Waals surface area (Å²) >= 11 is 4.96. The lowest BCUT2D eigenvalue weighted by Crippen LogP contribution is -2.32. The van der Waals surface area contributed by atoms with E-state index < -0.39 is 0 Å². The smallest absolute Gasteiger partial charge is 0.0768 e. The van der Waals surface area contributed by atoms with Crippen molar-refractivity contribution in [3.8, 4) is 0 Å². The molecule has 16 heavy (non-hydrogen) atoms. The molecule has 0 radical (unpaired) electrons. The highest BCUT2D eigenvalue weighted by molar-refractivity contribution is 7.80. The fourth-order valence-electron chi connectivity index (χ4n) is 1.51. The summed E-state index contributed by atoms with van der Waals surface area (Å²) in [6.45, 7) is 3.97. The Morgan fingerprint density at radius 3 is 2.94 bits per heavy atom. The van der Waals surface area contributed by atoms with Crippen LogP contribution in [0.5, 0.6) is 0 Å². The quantitative estimate of drug-likeness (QED) is 0.761. The van der Waals surface area contributed by atoms with Crippen molar-refractivity contribution < 1.29 is 0 Å². The zero-order valence-corrected chi connectivity index (χ0v) is 10.7. The van der Waals surface area contributed by atoms with Gasteiger partial charge in [-0.1, -0.05) is 25.2 Å². The molecule has 1 aromatic rings. The number of likely N-dealkylation sites (N-methyl/N-ethyl adjacent to an activating group) is 1. The molecule has 0 aliphatic carbocycles. The minimum absolute atomic E-state index is 0.272. The van der Waals surface area contributed by atoms with Crippen molar-refractivity contribution in [1.29, 1.82) is 0 Å². The van der Waals surface area contributed by atoms with Gasteiger partial charge in [0.25, 0.3) is 0 Å². The van der Waals surface area contributed by atoms with E-state index >= 15 is 0 Å². The summed E-state index contributed by atoms with van der Waals surface area (Å²) in [5.74, 6) is 0.272. The Hall–Kier alpha value is -1.00. The zero-order valence-electron chi connectivity index (χ0n) is 9.89. The molecule has 0 saturated heterocycles. The number of thiocarbonyl (C=S) groups is 1. The molecule has 1 atom stereocenters. The van der Waals surface area contributed by atoms with Crippen molar-refractivity contribution in [1.82, 2.24) is 9.88 Å². The third kappa shape index (κ3) is 4.68. The maximum atomic E-state index is 5.59. The van der Waals surface area contributed by atoms with E-state index in [1.54, 1.807) is 6.20 Å². The lowest BCUT2D eigenvalue weighted by atomic mass is 10.1. The number of nitrogens with zero attached hydrogens (tertiary/aromatic N) is 2. The van der Waals surface area contributed by atoms with Crippen LogP contribution in [-0.2, 0) is 6.42 Å². The molecule has 0 aliphatic heterocycles. The lowest BCUT2D eigenvalue weighted by molar-refractivity contribution is 0.319. The van der Waals surface area contributed by atoms with Crippen LogP contribution in [0.15, 0.2) is 24.5 Å². The highest BCUT2D eigenvalue weighted by Crippen LogP contribution is 2.02. The van der Waals surface area contributed by atoms with Gasteiger partial charge in [0.05, 0.1) is 4.99 Å². The van der Waals surface area contributed by atoms with Crippen LogP contribution in [0.3, 0.4) is 0 Å². The molecule has 88 valence electrons. The van der Waals surface area contributed by atoms with Gasteiger partial charge < -0.3 is 10.6 Å². The minimum atomic E-state index is 0.272. The van der Waals surface area contributed by atoms with Crippen LogP contribution in [0, 0.1) is 5.92 Å². The normalized spacial score (nSPS) is 12.7. The molecule has 1 rings (SSSR count). The standard InChI is InChI=1S/C12H19N3S/c1-10(12(13)16)9-15(2)7-5-11-4-3-6-14-8-11/h3-4,6,8,10H,5,7,9H2,1-2H3,(H2,13,16). The van der Waals surface area contributed by atoms with Gasteiger partial charge in [0, 0.05) is 31.4 Å². The number of hydrogen-bond donors (Lipinski definition) is 1. The van der Waals surface area contributed by atoms with Crippen LogP contribution < -0.4 is 5.73 Å². The van der Waals surface area contributed by atoms with Gasteiger partial charge in [-0.15, -0.1) is 0 Å². The molecule has 0 aromatic carbocycles. The number of hydrogen-bond acceptors (Lipinski definition) is 3. The Morgan fingerprint density at radius 2 is 2.38 bits per heavy atom. The van der Waals surface area contributed by atoms with Gasteiger partial charge in [-0.05, 0) is 25.1 Å². The summed E-state index contributed by atoms with van der Waals surface area (Å²) in [7, 11) is 2.09. The monoisotopic (exact) mass is 237 g/mol. The third-order valence-electron chi connectivity index (χ3n) is 2.58. The molecule has 4 heteroatoms. The van der Waals surface area contributed by atoms with E-state index in [0.717, 1.165) is 19.5 Å². The van der Waals surface area contributed by atoms with Gasteiger partial charge in [0.15, 0.2) is 0 Å². The first-order valence-corrected chi connectivity index (χ1v) is 5.87. The van der Waals surface area contributed by atoms with Gasteiger partial charge in [0.2, 0.25) is 0 Å². The molecule has 0 spiro atoms. The first kappa shape index (κ1) is 13.1. The van der Waals surface area contributed by atoms with E-state index in [1.165, 1.54) is 5.56 Å². The second-order valence-corrected chi connectivity index (χ2v) is 4.65. The number of nitrogens with two attached hydrogens (primary N) is 1. The van der Waals surface area contributed by atoms with Gasteiger partial charge in [-0.3, -0.25) is 4.98 Å². The molecule has 0 fully saturated rings. The lowest BCUT2D eigenvalue weighted by Gasteiger charge is -2.20. The van der Waals surface area contributed by atoms with Crippen molar-refractivity contribution in [2.45, 2.75) is 13.3 Å². The van der Waals surface area contributed by atoms with Crippen LogP contribution >= 0.6 is 12.2 Å². The first-order chi connectivity index (χ1) is 7.59. The van der Waals surface area contributed by atoms with Gasteiger partial charge in [-0.25, -0.2) is 0 Å². The Kier molecular flexibility index (Phi) is 5.35. The van der Waals surface area contributed by atoms with Crippen molar-refractivity contribution in [3.63, 3.8) is 0 Å². The Morgan fingerprint density at radius 1 is 1.62 bits per heavy atom. The average Bonchev–Trinajstić information content (AvgIpc) is 2.27. The van der Waals surface area contributed by atoms with Crippen LogP contribution in [0.2, 0.25) is 0 Å². The molecule has 0 saturated carbocycles. The Labute approximate surface area is 103 Å². The van der Waals surface area contributed by atoms with E-state index in [1.807, 2.05) is 12.3 Å². The molecule has 0 bridgehead atoms. The maximum absolute atomic E-state index is 5.59. The molecule has 1 unspecified atom stereocenters. The van der Waals surface area contributed by atoms with Crippen LogP contribution in [0.1, 0.15) is 12.5 Å². The highest BCUT2D eigenvalue weighted by atomic mass is 32.1. The molecule has 3 nitrogen and oxygen atoms in total. The first-order valence-electron chi connectivity index (χ1n) is 5.46. The average molecular weight is 237 g/mol. The van der Waals surface area contributed by atoms with Crippen LogP contribution in [-0.4, -0.2) is 35.0 Å². The van der Waals surface area contributed by atoms with E-state index in [9.17, 15) is 0 Å². The number of aromatic nitrogens is 1. The highest BCUT2D eigenvalue weighted by Gasteiger charge is 2.08. The topological polar surface area (TPSA) is 42.2 Å². The summed E-state index contributed by atoms with van der Waals surface area (Å²) in [5.41, 5.74) is 6.85. The fraction of sp³-hybridized carbons (Fsp3) is 0.500. The van der Waals surface area contributed by atoms with Crippen molar-refractivity contribution in [2.75, 3.05) is 20.1 Å². The molecular weight excluding hydrogens is 218 g/mol. The predicted molar refractivity (Wildman–Crippen MR) is 71.4 cm³/mol. The molecule has 0 amide bonds. The second-order valence-electron chi connectivity index (χ2n) is 4.18. The zero-order chi connectivity index (χ0) is 12.0. The maximum Gasteiger partial charge on any atom is 0.0768 e. The molecule has 1 aromatic heterocycles. The summed E-state index contributed by atoms with van der Waals surface area (Å²) < 4.78 is 0. The Bertz CT molecular complexity index is 326. The van der Waals surface area contributed by atoms with Gasteiger partial charge in [0.1, 0.15) is 0 Å². The SMILES string of the molecule is CC(CN(C)CCc1cccnc1)C(N)=S. The van der Waals surface area contributed by atoms with Crippen LogP contribution in [0.4, 0.5) is 0 Å². The summed E-state index contributed by atoms with van der Waals surface area (Å²) in [4.78, 5) is 6.93. The predicted octanol–water partition coefficient (Wildman–Crippen LogP) is 1.48. The van der Waals surface area contributed by atoms with Crippen molar-refractivity contribution in [3.05, 3.63) is 30.1 Å². The molecule has 1 heterocycles. The fourth-order valence-corrected chi connectivity index (χ4v) is 1.59. The minimum Gasteiger partial charge on any atom is -0.393 e. The third-order valence-corrected chi connectivity index (χ3v) is 2.98. The van der Waals surface area contributed by atoms with Crippen molar-refractivity contribution >= 4 is 17.2 Å². The summed E-state index contributed by atoms with van der Waals surface area (Å²) in [5, 5.41) is 0. The molecule has 2 N–H and O–H groups in total. The summed E-state index contributed by atoms with van der Waals surface area (Å²) in [6.07, 6.45) is 4.71. The van der Waals surface area contributed by atoms with Crippen molar-refractivity contribution in [2.24, 2.45) is 11.7 Å². The van der Waals surface area contributed by atoms with E-state index in [2.05, 4.69) is 29.9 Å². The van der Waals surface area contributed by atoms with Gasteiger partial charge in [-0.2, -0.15) is 0 Å². The van der Waals surface area contributed by atoms with Gasteiger partial charge >= 0.3 is 0 Å². The number of pyridine rings is 1. The molecular formula is C12H19N3S.